The molecule has 1 unspecified atom stereocenters. The monoisotopic (exact) mass is 422 g/mol. The Balaban J connectivity index is 1.38. The Morgan fingerprint density at radius 1 is 1.16 bits per heavy atom. The van der Waals surface area contributed by atoms with Gasteiger partial charge in [-0.15, -0.1) is 0 Å². The lowest BCUT2D eigenvalue weighted by atomic mass is 10.1. The normalized spacial score (nSPS) is 19.0. The number of pyridine rings is 1. The molecule has 2 saturated heterocycles. The van der Waals surface area contributed by atoms with Crippen molar-refractivity contribution >= 4 is 23.5 Å². The van der Waals surface area contributed by atoms with Crippen LogP contribution in [-0.2, 0) is 11.2 Å². The van der Waals surface area contributed by atoms with Crippen LogP contribution in [0.4, 0.5) is 16.3 Å². The van der Waals surface area contributed by atoms with Crippen molar-refractivity contribution < 1.29 is 14.3 Å². The molecule has 3 heterocycles. The highest BCUT2D eigenvalue weighted by Gasteiger charge is 2.31. The molecule has 31 heavy (non-hydrogen) atoms. The lowest BCUT2D eigenvalue weighted by molar-refractivity contribution is 0.0746. The van der Waals surface area contributed by atoms with E-state index in [0.29, 0.717) is 25.3 Å². The van der Waals surface area contributed by atoms with E-state index < -0.39 is 0 Å². The zero-order valence-electron chi connectivity index (χ0n) is 18.5. The molecule has 7 nitrogen and oxygen atoms in total. The van der Waals surface area contributed by atoms with Crippen LogP contribution in [0.25, 0.3) is 0 Å². The van der Waals surface area contributed by atoms with Gasteiger partial charge in [-0.25, -0.2) is 9.78 Å². The fourth-order valence-corrected chi connectivity index (χ4v) is 4.33. The lowest BCUT2D eigenvalue weighted by Gasteiger charge is -2.36. The number of hydrogen-bond donors (Lipinski definition) is 0. The zero-order chi connectivity index (χ0) is 22.0. The van der Waals surface area contributed by atoms with Gasteiger partial charge in [0.2, 0.25) is 0 Å². The molecular weight excluding hydrogens is 392 g/mol. The molecule has 0 saturated carbocycles. The predicted octanol–water partition coefficient (Wildman–Crippen LogP) is 3.65. The maximum absolute atomic E-state index is 13.0. The number of carbonyl (C=O) groups is 2. The van der Waals surface area contributed by atoms with E-state index in [9.17, 15) is 9.59 Å². The Morgan fingerprint density at radius 3 is 2.45 bits per heavy atom. The van der Waals surface area contributed by atoms with Crippen molar-refractivity contribution in [3.63, 3.8) is 0 Å². The van der Waals surface area contributed by atoms with Gasteiger partial charge >= 0.3 is 6.09 Å². The van der Waals surface area contributed by atoms with Gasteiger partial charge in [-0.1, -0.05) is 19.4 Å². The quantitative estimate of drug-likeness (QED) is 0.736. The second kappa shape index (κ2) is 8.96. The zero-order valence-corrected chi connectivity index (χ0v) is 18.5. The van der Waals surface area contributed by atoms with Crippen LogP contribution in [0.2, 0.25) is 0 Å². The van der Waals surface area contributed by atoms with Gasteiger partial charge in [0.25, 0.3) is 5.91 Å². The number of cyclic esters (lactones) is 1. The summed E-state index contributed by atoms with van der Waals surface area (Å²) >= 11 is 0. The molecule has 7 heteroatoms. The number of aromatic nitrogens is 1. The summed E-state index contributed by atoms with van der Waals surface area (Å²) in [5.74, 6) is 1.04. The lowest BCUT2D eigenvalue weighted by Crippen LogP contribution is -2.49. The van der Waals surface area contributed by atoms with Crippen LogP contribution < -0.4 is 9.80 Å². The van der Waals surface area contributed by atoms with Crippen molar-refractivity contribution in [1.29, 1.82) is 0 Å². The molecule has 2 aromatic rings. The number of ether oxygens (including phenoxy) is 1. The molecule has 1 atom stereocenters. The predicted molar refractivity (Wildman–Crippen MR) is 121 cm³/mol. The van der Waals surface area contributed by atoms with E-state index in [-0.39, 0.29) is 18.0 Å². The average molecular weight is 423 g/mol. The van der Waals surface area contributed by atoms with Gasteiger partial charge in [0, 0.05) is 43.6 Å². The van der Waals surface area contributed by atoms with Crippen LogP contribution in [0.1, 0.15) is 41.8 Å². The Labute approximate surface area is 183 Å². The van der Waals surface area contributed by atoms with Crippen LogP contribution in [0.3, 0.4) is 0 Å². The summed E-state index contributed by atoms with van der Waals surface area (Å²) in [6.07, 6.45) is 3.80. The van der Waals surface area contributed by atoms with E-state index in [0.717, 1.165) is 37.4 Å². The van der Waals surface area contributed by atoms with Gasteiger partial charge in [0.1, 0.15) is 12.4 Å². The van der Waals surface area contributed by atoms with Crippen molar-refractivity contribution in [1.82, 2.24) is 9.88 Å². The average Bonchev–Trinajstić information content (AvgIpc) is 3.12. The van der Waals surface area contributed by atoms with E-state index in [1.807, 2.05) is 30.2 Å². The van der Waals surface area contributed by atoms with Crippen molar-refractivity contribution in [2.75, 3.05) is 42.6 Å². The number of amides is 2. The smallest absolute Gasteiger partial charge is 0.414 e. The van der Waals surface area contributed by atoms with Crippen molar-refractivity contribution in [3.05, 3.63) is 53.2 Å². The number of rotatable bonds is 5. The molecule has 2 aliphatic heterocycles. The molecule has 0 spiro atoms. The summed E-state index contributed by atoms with van der Waals surface area (Å²) in [7, 11) is 0. The third kappa shape index (κ3) is 4.36. The minimum atomic E-state index is -0.339. The summed E-state index contributed by atoms with van der Waals surface area (Å²) in [5, 5.41) is 0. The topological polar surface area (TPSA) is 66.0 Å². The Morgan fingerprint density at radius 2 is 1.87 bits per heavy atom. The van der Waals surface area contributed by atoms with Gasteiger partial charge in [-0.3, -0.25) is 9.69 Å². The van der Waals surface area contributed by atoms with Gasteiger partial charge < -0.3 is 14.5 Å². The molecule has 0 N–H and O–H groups in total. The maximum atomic E-state index is 13.0. The van der Waals surface area contributed by atoms with Crippen molar-refractivity contribution in [3.8, 4) is 0 Å². The number of piperazine rings is 1. The van der Waals surface area contributed by atoms with E-state index in [4.69, 9.17) is 4.74 Å². The number of nitrogens with zero attached hydrogens (tertiary/aromatic N) is 4. The first-order valence-corrected chi connectivity index (χ1v) is 11.0. The highest BCUT2D eigenvalue weighted by atomic mass is 16.6. The highest BCUT2D eigenvalue weighted by molar-refractivity contribution is 5.96. The van der Waals surface area contributed by atoms with Gasteiger partial charge in [0.05, 0.1) is 6.04 Å². The first kappa shape index (κ1) is 21.2. The second-order valence-electron chi connectivity index (χ2n) is 8.36. The van der Waals surface area contributed by atoms with Crippen LogP contribution in [0, 0.1) is 6.92 Å². The van der Waals surface area contributed by atoms with Crippen molar-refractivity contribution in [2.24, 2.45) is 0 Å². The maximum Gasteiger partial charge on any atom is 0.414 e. The second-order valence-corrected chi connectivity index (χ2v) is 8.36. The highest BCUT2D eigenvalue weighted by Crippen LogP contribution is 2.24. The van der Waals surface area contributed by atoms with Crippen LogP contribution in [-0.4, -0.2) is 60.7 Å². The summed E-state index contributed by atoms with van der Waals surface area (Å²) in [4.78, 5) is 35.3. The summed E-state index contributed by atoms with van der Waals surface area (Å²) in [6.45, 7) is 9.47. The van der Waals surface area contributed by atoms with E-state index in [1.54, 1.807) is 17.0 Å². The van der Waals surface area contributed by atoms with Gasteiger partial charge in [0.15, 0.2) is 0 Å². The molecule has 164 valence electrons. The fourth-order valence-electron chi connectivity index (χ4n) is 4.33. The molecule has 1 aromatic heterocycles. The summed E-state index contributed by atoms with van der Waals surface area (Å²) < 4.78 is 5.08. The minimum Gasteiger partial charge on any atom is -0.447 e. The number of aryl methyl sites for hydroxylation is 2. The van der Waals surface area contributed by atoms with Crippen LogP contribution >= 0.6 is 0 Å². The number of hydrogen-bond acceptors (Lipinski definition) is 5. The van der Waals surface area contributed by atoms with E-state index in [2.05, 4.69) is 29.8 Å². The fraction of sp³-hybridized carbons (Fsp3) is 0.458. The van der Waals surface area contributed by atoms with Crippen LogP contribution in [0.5, 0.6) is 0 Å². The minimum absolute atomic E-state index is 0.00441. The molecule has 2 fully saturated rings. The molecule has 1 aromatic carbocycles. The molecule has 4 rings (SSSR count). The third-order valence-corrected chi connectivity index (χ3v) is 5.99. The molecule has 0 radical (unpaired) electrons. The third-order valence-electron chi connectivity index (χ3n) is 5.99. The Bertz CT molecular complexity index is 952. The number of carbonyl (C=O) groups excluding carboxylic acids is 2. The molecule has 2 aliphatic rings. The Kier molecular flexibility index (Phi) is 6.11. The molecule has 2 amide bonds. The first-order valence-electron chi connectivity index (χ1n) is 11.0. The van der Waals surface area contributed by atoms with Gasteiger partial charge in [-0.05, 0) is 55.7 Å². The SMILES string of the molecule is CCCc1cnc(N2CCN(C(=O)c3ccc(N4C(=O)OCC4C)cc3)CC2)c(C)c1. The molecule has 0 bridgehead atoms. The largest absolute Gasteiger partial charge is 0.447 e. The number of anilines is 2. The first-order chi connectivity index (χ1) is 15.0. The summed E-state index contributed by atoms with van der Waals surface area (Å²) in [5.41, 5.74) is 3.86. The summed E-state index contributed by atoms with van der Waals surface area (Å²) in [6, 6.07) is 9.44. The molecular formula is C24H30N4O3. The van der Waals surface area contributed by atoms with Crippen molar-refractivity contribution in [2.45, 2.75) is 39.7 Å². The molecule has 0 aliphatic carbocycles. The Hall–Kier alpha value is -3.09. The van der Waals surface area contributed by atoms with Gasteiger partial charge in [-0.2, -0.15) is 0 Å². The van der Waals surface area contributed by atoms with Crippen LogP contribution in [0.15, 0.2) is 36.5 Å². The standard InChI is InChI=1S/C24H30N4O3/c1-4-5-19-14-17(2)22(25-15-19)26-10-12-27(13-11-26)23(29)20-6-8-21(9-7-20)28-18(3)16-31-24(28)30/h6-9,14-15,18H,4-5,10-13,16H2,1-3H3. The van der Waals surface area contributed by atoms with E-state index >= 15 is 0 Å². The number of benzene rings is 1. The van der Waals surface area contributed by atoms with E-state index in [1.165, 1.54) is 11.1 Å².